The summed E-state index contributed by atoms with van der Waals surface area (Å²) in [5.74, 6) is -0.478. The summed E-state index contributed by atoms with van der Waals surface area (Å²) in [7, 11) is 1.66. The summed E-state index contributed by atoms with van der Waals surface area (Å²) >= 11 is 0. The number of nitrogens with zero attached hydrogens (tertiary/aromatic N) is 1. The lowest BCUT2D eigenvalue weighted by Crippen LogP contribution is -2.36. The third-order valence-electron chi connectivity index (χ3n) is 5.65. The number of carbonyl (C=O) groups excluding carboxylic acids is 1. The van der Waals surface area contributed by atoms with Crippen molar-refractivity contribution in [2.45, 2.75) is 32.2 Å². The minimum absolute atomic E-state index is 0.0544. The van der Waals surface area contributed by atoms with E-state index in [4.69, 9.17) is 4.74 Å². The number of likely N-dealkylation sites (tertiary alicyclic amines) is 1. The van der Waals surface area contributed by atoms with E-state index in [1.165, 1.54) is 6.07 Å². The molecule has 1 N–H and O–H groups in total. The highest BCUT2D eigenvalue weighted by molar-refractivity contribution is 5.75. The predicted molar refractivity (Wildman–Crippen MR) is 119 cm³/mol. The SMILES string of the molecule is COc1ccc(/C=C/CN2CCC[C@H](CCC(=O)NCc3ccc(F)c(F)c3)C2)cc1. The van der Waals surface area contributed by atoms with Gasteiger partial charge in [-0.1, -0.05) is 30.4 Å². The van der Waals surface area contributed by atoms with E-state index < -0.39 is 11.6 Å². The quantitative estimate of drug-likeness (QED) is 0.624. The maximum Gasteiger partial charge on any atom is 0.220 e. The monoisotopic (exact) mass is 428 g/mol. The zero-order chi connectivity index (χ0) is 22.1. The van der Waals surface area contributed by atoms with Gasteiger partial charge in [0.2, 0.25) is 5.91 Å². The first-order valence-corrected chi connectivity index (χ1v) is 10.8. The number of hydrogen-bond acceptors (Lipinski definition) is 3. The van der Waals surface area contributed by atoms with E-state index in [0.717, 1.165) is 62.3 Å². The van der Waals surface area contributed by atoms with Crippen molar-refractivity contribution in [2.75, 3.05) is 26.7 Å². The zero-order valence-corrected chi connectivity index (χ0v) is 17.9. The Morgan fingerprint density at radius 1 is 1.19 bits per heavy atom. The van der Waals surface area contributed by atoms with E-state index in [-0.39, 0.29) is 12.5 Å². The molecule has 0 spiro atoms. The van der Waals surface area contributed by atoms with Gasteiger partial charge in [0.05, 0.1) is 7.11 Å². The van der Waals surface area contributed by atoms with Crippen molar-refractivity contribution < 1.29 is 18.3 Å². The number of piperidine rings is 1. The van der Waals surface area contributed by atoms with Crippen LogP contribution < -0.4 is 10.1 Å². The highest BCUT2D eigenvalue weighted by Crippen LogP contribution is 2.21. The van der Waals surface area contributed by atoms with Crippen molar-refractivity contribution in [3.8, 4) is 5.75 Å². The normalized spacial score (nSPS) is 17.1. The van der Waals surface area contributed by atoms with Gasteiger partial charge >= 0.3 is 0 Å². The number of methoxy groups -OCH3 is 1. The summed E-state index contributed by atoms with van der Waals surface area (Å²) in [5, 5.41) is 2.80. The second-order valence-corrected chi connectivity index (χ2v) is 8.01. The largest absolute Gasteiger partial charge is 0.497 e. The van der Waals surface area contributed by atoms with Gasteiger partial charge in [0, 0.05) is 26.1 Å². The third-order valence-corrected chi connectivity index (χ3v) is 5.65. The van der Waals surface area contributed by atoms with Gasteiger partial charge in [0.25, 0.3) is 0 Å². The number of amides is 1. The lowest BCUT2D eigenvalue weighted by atomic mass is 9.93. The number of hydrogen-bond donors (Lipinski definition) is 1. The standard InChI is InChI=1S/C25H30F2N2O2/c1-31-22-10-6-19(7-11-22)4-2-14-29-15-3-5-20(18-29)9-13-25(30)28-17-21-8-12-23(26)24(27)16-21/h2,4,6-8,10-12,16,20H,3,5,9,13-15,17-18H2,1H3,(H,28,30)/b4-2+/t20-/m1/s1. The van der Waals surface area contributed by atoms with E-state index >= 15 is 0 Å². The Labute approximate surface area is 182 Å². The second-order valence-electron chi connectivity index (χ2n) is 8.01. The molecule has 2 aromatic rings. The van der Waals surface area contributed by atoms with Crippen LogP contribution in [0.2, 0.25) is 0 Å². The van der Waals surface area contributed by atoms with Gasteiger partial charge in [-0.25, -0.2) is 8.78 Å². The molecule has 166 valence electrons. The van der Waals surface area contributed by atoms with Crippen molar-refractivity contribution in [2.24, 2.45) is 5.92 Å². The smallest absolute Gasteiger partial charge is 0.220 e. The zero-order valence-electron chi connectivity index (χ0n) is 17.9. The molecule has 3 rings (SSSR count). The summed E-state index contributed by atoms with van der Waals surface area (Å²) < 4.78 is 31.4. The summed E-state index contributed by atoms with van der Waals surface area (Å²) in [6.07, 6.45) is 7.85. The second kappa shape index (κ2) is 11.6. The van der Waals surface area contributed by atoms with Crippen molar-refractivity contribution in [1.29, 1.82) is 0 Å². The number of nitrogens with one attached hydrogen (secondary N) is 1. The van der Waals surface area contributed by atoms with Gasteiger partial charge in [-0.05, 0) is 67.1 Å². The lowest BCUT2D eigenvalue weighted by molar-refractivity contribution is -0.121. The lowest BCUT2D eigenvalue weighted by Gasteiger charge is -2.31. The maximum absolute atomic E-state index is 13.2. The molecule has 1 saturated heterocycles. The molecule has 0 bridgehead atoms. The molecule has 6 heteroatoms. The van der Waals surface area contributed by atoms with Crippen LogP contribution in [-0.2, 0) is 11.3 Å². The number of halogens is 2. The van der Waals surface area contributed by atoms with E-state index in [0.29, 0.717) is 17.9 Å². The fourth-order valence-corrected chi connectivity index (χ4v) is 3.88. The molecule has 0 aromatic heterocycles. The molecular weight excluding hydrogens is 398 g/mol. The van der Waals surface area contributed by atoms with E-state index in [1.54, 1.807) is 7.11 Å². The van der Waals surface area contributed by atoms with E-state index in [1.807, 2.05) is 24.3 Å². The molecular formula is C25H30F2N2O2. The average Bonchev–Trinajstić information content (AvgIpc) is 2.79. The Morgan fingerprint density at radius 2 is 2.00 bits per heavy atom. The van der Waals surface area contributed by atoms with E-state index in [9.17, 15) is 13.6 Å². The Kier molecular flexibility index (Phi) is 8.59. The molecule has 31 heavy (non-hydrogen) atoms. The molecule has 1 heterocycles. The fourth-order valence-electron chi connectivity index (χ4n) is 3.88. The Hall–Kier alpha value is -2.73. The number of ether oxygens (including phenoxy) is 1. The van der Waals surface area contributed by atoms with Gasteiger partial charge in [-0.15, -0.1) is 0 Å². The molecule has 1 aliphatic heterocycles. The predicted octanol–water partition coefficient (Wildman–Crippen LogP) is 4.80. The number of rotatable bonds is 9. The average molecular weight is 429 g/mol. The third kappa shape index (κ3) is 7.47. The molecule has 1 fully saturated rings. The summed E-state index contributed by atoms with van der Waals surface area (Å²) in [6.45, 7) is 3.17. The highest BCUT2D eigenvalue weighted by atomic mass is 19.2. The van der Waals surface area contributed by atoms with Crippen molar-refractivity contribution in [1.82, 2.24) is 10.2 Å². The first-order chi connectivity index (χ1) is 15.0. The maximum atomic E-state index is 13.2. The van der Waals surface area contributed by atoms with E-state index in [2.05, 4.69) is 22.4 Å². The molecule has 1 amide bonds. The molecule has 2 aromatic carbocycles. The van der Waals surface area contributed by atoms with Gasteiger partial charge < -0.3 is 10.1 Å². The Morgan fingerprint density at radius 3 is 2.74 bits per heavy atom. The Balaban J connectivity index is 1.37. The topological polar surface area (TPSA) is 41.6 Å². The van der Waals surface area contributed by atoms with Crippen LogP contribution in [0.4, 0.5) is 8.78 Å². The molecule has 4 nitrogen and oxygen atoms in total. The first kappa shape index (κ1) is 22.9. The van der Waals surface area contributed by atoms with Crippen LogP contribution >= 0.6 is 0 Å². The minimum atomic E-state index is -0.893. The van der Waals surface area contributed by atoms with Crippen LogP contribution in [-0.4, -0.2) is 37.6 Å². The van der Waals surface area contributed by atoms with Crippen molar-refractivity contribution >= 4 is 12.0 Å². The van der Waals surface area contributed by atoms with Crippen LogP contribution in [0.1, 0.15) is 36.8 Å². The number of benzene rings is 2. The van der Waals surface area contributed by atoms with Crippen LogP contribution in [0.15, 0.2) is 48.5 Å². The molecule has 1 atom stereocenters. The van der Waals surface area contributed by atoms with Crippen LogP contribution in [0, 0.1) is 17.6 Å². The van der Waals surface area contributed by atoms with Gasteiger partial charge in [-0.2, -0.15) is 0 Å². The van der Waals surface area contributed by atoms with Gasteiger partial charge in [-0.3, -0.25) is 9.69 Å². The van der Waals surface area contributed by atoms with Gasteiger partial charge in [0.15, 0.2) is 11.6 Å². The molecule has 0 unspecified atom stereocenters. The summed E-state index contributed by atoms with van der Waals surface area (Å²) in [6, 6.07) is 11.7. The van der Waals surface area contributed by atoms with Crippen molar-refractivity contribution in [3.63, 3.8) is 0 Å². The molecule has 1 aliphatic rings. The first-order valence-electron chi connectivity index (χ1n) is 10.8. The summed E-state index contributed by atoms with van der Waals surface area (Å²) in [4.78, 5) is 14.6. The van der Waals surface area contributed by atoms with Crippen LogP contribution in [0.3, 0.4) is 0 Å². The van der Waals surface area contributed by atoms with Crippen molar-refractivity contribution in [3.05, 3.63) is 71.3 Å². The van der Waals surface area contributed by atoms with Crippen LogP contribution in [0.5, 0.6) is 5.75 Å². The number of carbonyl (C=O) groups is 1. The fraction of sp³-hybridized carbons (Fsp3) is 0.400. The van der Waals surface area contributed by atoms with Crippen LogP contribution in [0.25, 0.3) is 6.08 Å². The highest BCUT2D eigenvalue weighted by Gasteiger charge is 2.19. The Bertz CT molecular complexity index is 884. The summed E-state index contributed by atoms with van der Waals surface area (Å²) in [5.41, 5.74) is 1.70. The molecule has 0 radical (unpaired) electrons. The molecule has 0 saturated carbocycles. The van der Waals surface area contributed by atoms with Gasteiger partial charge in [0.1, 0.15) is 5.75 Å². The molecule has 0 aliphatic carbocycles. The minimum Gasteiger partial charge on any atom is -0.497 e.